The third-order valence-electron chi connectivity index (χ3n) is 2.40. The summed E-state index contributed by atoms with van der Waals surface area (Å²) in [5.74, 6) is 1.50. The Balaban J connectivity index is 2.79. The summed E-state index contributed by atoms with van der Waals surface area (Å²) >= 11 is 0. The maximum Gasteiger partial charge on any atom is 0.132 e. The molecule has 0 saturated heterocycles. The number of anilines is 1. The molecule has 1 N–H and O–H groups in total. The molecule has 0 fully saturated rings. The third-order valence-corrected chi connectivity index (χ3v) is 2.40. The van der Waals surface area contributed by atoms with Gasteiger partial charge in [0.15, 0.2) is 0 Å². The van der Waals surface area contributed by atoms with Crippen LogP contribution in [-0.4, -0.2) is 34.8 Å². The van der Waals surface area contributed by atoms with Gasteiger partial charge in [-0.1, -0.05) is 13.8 Å². The highest BCUT2D eigenvalue weighted by Crippen LogP contribution is 2.13. The van der Waals surface area contributed by atoms with Crippen molar-refractivity contribution in [1.82, 2.24) is 9.97 Å². The molecule has 1 aromatic rings. The lowest BCUT2D eigenvalue weighted by molar-refractivity contribution is 0.302. The van der Waals surface area contributed by atoms with Crippen molar-refractivity contribution >= 4 is 5.82 Å². The van der Waals surface area contributed by atoms with Crippen LogP contribution in [0.15, 0.2) is 12.4 Å². The monoisotopic (exact) mass is 223 g/mol. The third kappa shape index (κ3) is 3.77. The highest BCUT2D eigenvalue weighted by Gasteiger charge is 2.07. The van der Waals surface area contributed by atoms with Gasteiger partial charge in [-0.25, -0.2) is 9.97 Å². The van der Waals surface area contributed by atoms with Crippen molar-refractivity contribution in [2.45, 2.75) is 27.2 Å². The molecule has 90 valence electrons. The van der Waals surface area contributed by atoms with E-state index in [9.17, 15) is 0 Å². The zero-order valence-electron chi connectivity index (χ0n) is 10.3. The van der Waals surface area contributed by atoms with Gasteiger partial charge in [-0.2, -0.15) is 0 Å². The second-order valence-electron chi connectivity index (χ2n) is 4.27. The minimum absolute atomic E-state index is 0.150. The van der Waals surface area contributed by atoms with Gasteiger partial charge in [-0.3, -0.25) is 0 Å². The Hall–Kier alpha value is -1.16. The molecule has 4 heteroatoms. The van der Waals surface area contributed by atoms with E-state index >= 15 is 0 Å². The second-order valence-corrected chi connectivity index (χ2v) is 4.27. The largest absolute Gasteiger partial charge is 0.395 e. The predicted octanol–water partition coefficient (Wildman–Crippen LogP) is 1.49. The van der Waals surface area contributed by atoms with Crippen LogP contribution in [0.4, 0.5) is 5.82 Å². The van der Waals surface area contributed by atoms with Gasteiger partial charge in [0, 0.05) is 24.8 Å². The predicted molar refractivity (Wildman–Crippen MR) is 65.5 cm³/mol. The van der Waals surface area contributed by atoms with Gasteiger partial charge in [-0.15, -0.1) is 0 Å². The van der Waals surface area contributed by atoms with E-state index in [2.05, 4.69) is 30.7 Å². The Bertz CT molecular complexity index is 315. The molecular formula is C12H21N3O. The van der Waals surface area contributed by atoms with Gasteiger partial charge < -0.3 is 10.0 Å². The number of hydrogen-bond donors (Lipinski definition) is 1. The van der Waals surface area contributed by atoms with E-state index in [1.54, 1.807) is 6.33 Å². The molecule has 0 amide bonds. The zero-order valence-corrected chi connectivity index (χ0v) is 10.3. The Morgan fingerprint density at radius 2 is 2.12 bits per heavy atom. The van der Waals surface area contributed by atoms with Crippen molar-refractivity contribution in [3.05, 3.63) is 18.1 Å². The number of aromatic nitrogens is 2. The van der Waals surface area contributed by atoms with Crippen LogP contribution in [0.3, 0.4) is 0 Å². The van der Waals surface area contributed by atoms with Crippen LogP contribution in [0.5, 0.6) is 0 Å². The summed E-state index contributed by atoms with van der Waals surface area (Å²) in [6, 6.07) is 2.01. The normalized spacial score (nSPS) is 10.8. The molecular weight excluding hydrogens is 202 g/mol. The highest BCUT2D eigenvalue weighted by atomic mass is 16.3. The molecule has 0 radical (unpaired) electrons. The van der Waals surface area contributed by atoms with Crippen LogP contribution in [-0.2, 0) is 6.42 Å². The lowest BCUT2D eigenvalue weighted by Gasteiger charge is -2.20. The first kappa shape index (κ1) is 12.9. The fourth-order valence-electron chi connectivity index (χ4n) is 1.64. The molecule has 0 aliphatic rings. The molecule has 0 aromatic carbocycles. The van der Waals surface area contributed by atoms with Crippen molar-refractivity contribution in [3.8, 4) is 0 Å². The Morgan fingerprint density at radius 3 is 2.69 bits per heavy atom. The van der Waals surface area contributed by atoms with Gasteiger partial charge in [0.1, 0.15) is 12.1 Å². The number of aliphatic hydroxyl groups is 1. The summed E-state index contributed by atoms with van der Waals surface area (Å²) in [6.45, 7) is 8.02. The summed E-state index contributed by atoms with van der Waals surface area (Å²) in [7, 11) is 0. The molecule has 0 atom stereocenters. The summed E-state index contributed by atoms with van der Waals surface area (Å²) in [5, 5.41) is 8.96. The summed E-state index contributed by atoms with van der Waals surface area (Å²) < 4.78 is 0. The molecule has 0 saturated carbocycles. The van der Waals surface area contributed by atoms with Gasteiger partial charge in [0.05, 0.1) is 6.61 Å². The molecule has 1 rings (SSSR count). The average molecular weight is 223 g/mol. The highest BCUT2D eigenvalue weighted by molar-refractivity contribution is 5.38. The minimum atomic E-state index is 0.150. The van der Waals surface area contributed by atoms with Crippen LogP contribution >= 0.6 is 0 Å². The maximum atomic E-state index is 8.96. The van der Waals surface area contributed by atoms with Gasteiger partial charge in [0.2, 0.25) is 0 Å². The summed E-state index contributed by atoms with van der Waals surface area (Å²) in [5.41, 5.74) is 1.07. The standard InChI is InChI=1S/C12H21N3O/c1-4-15(5-6-16)12-8-11(7-10(2)3)13-9-14-12/h8-10,16H,4-7H2,1-3H3. The number of rotatable bonds is 6. The topological polar surface area (TPSA) is 49.2 Å². The van der Waals surface area contributed by atoms with Crippen LogP contribution in [0.1, 0.15) is 26.5 Å². The molecule has 4 nitrogen and oxygen atoms in total. The van der Waals surface area contributed by atoms with E-state index in [1.807, 2.05) is 11.0 Å². The van der Waals surface area contributed by atoms with E-state index in [0.717, 1.165) is 24.5 Å². The first-order valence-electron chi connectivity index (χ1n) is 5.84. The lowest BCUT2D eigenvalue weighted by Crippen LogP contribution is -2.27. The number of nitrogens with zero attached hydrogens (tertiary/aromatic N) is 3. The van der Waals surface area contributed by atoms with E-state index in [-0.39, 0.29) is 6.61 Å². The van der Waals surface area contributed by atoms with Gasteiger partial charge in [-0.05, 0) is 19.3 Å². The van der Waals surface area contributed by atoms with Crippen molar-refractivity contribution < 1.29 is 5.11 Å². The summed E-state index contributed by atoms with van der Waals surface area (Å²) in [6.07, 6.45) is 2.57. The smallest absolute Gasteiger partial charge is 0.132 e. The molecule has 0 aliphatic carbocycles. The van der Waals surface area contributed by atoms with Crippen molar-refractivity contribution in [2.24, 2.45) is 5.92 Å². The van der Waals surface area contributed by atoms with Crippen molar-refractivity contribution in [1.29, 1.82) is 0 Å². The zero-order chi connectivity index (χ0) is 12.0. The van der Waals surface area contributed by atoms with Crippen LogP contribution in [0, 0.1) is 5.92 Å². The molecule has 0 aliphatic heterocycles. The molecule has 16 heavy (non-hydrogen) atoms. The van der Waals surface area contributed by atoms with Crippen molar-refractivity contribution in [2.75, 3.05) is 24.6 Å². The van der Waals surface area contributed by atoms with Crippen LogP contribution in [0.25, 0.3) is 0 Å². The average Bonchev–Trinajstić information content (AvgIpc) is 2.25. The van der Waals surface area contributed by atoms with E-state index < -0.39 is 0 Å². The lowest BCUT2D eigenvalue weighted by atomic mass is 10.1. The second kappa shape index (κ2) is 6.43. The number of aliphatic hydroxyl groups excluding tert-OH is 1. The van der Waals surface area contributed by atoms with Crippen molar-refractivity contribution in [3.63, 3.8) is 0 Å². The first-order chi connectivity index (χ1) is 7.67. The van der Waals surface area contributed by atoms with Crippen LogP contribution in [0.2, 0.25) is 0 Å². The van der Waals surface area contributed by atoms with Gasteiger partial charge in [0.25, 0.3) is 0 Å². The van der Waals surface area contributed by atoms with Crippen LogP contribution < -0.4 is 4.90 Å². The Morgan fingerprint density at radius 1 is 1.38 bits per heavy atom. The van der Waals surface area contributed by atoms with E-state index in [0.29, 0.717) is 12.5 Å². The Labute approximate surface area is 97.3 Å². The SMILES string of the molecule is CCN(CCO)c1cc(CC(C)C)ncn1. The quantitative estimate of drug-likeness (QED) is 0.794. The molecule has 1 aromatic heterocycles. The van der Waals surface area contributed by atoms with E-state index in [4.69, 9.17) is 5.11 Å². The molecule has 0 unspecified atom stereocenters. The fraction of sp³-hybridized carbons (Fsp3) is 0.667. The fourth-order valence-corrected chi connectivity index (χ4v) is 1.64. The minimum Gasteiger partial charge on any atom is -0.395 e. The van der Waals surface area contributed by atoms with Gasteiger partial charge >= 0.3 is 0 Å². The number of likely N-dealkylation sites (N-methyl/N-ethyl adjacent to an activating group) is 1. The molecule has 0 bridgehead atoms. The maximum absolute atomic E-state index is 8.96. The van der Waals surface area contributed by atoms with E-state index in [1.165, 1.54) is 0 Å². The first-order valence-corrected chi connectivity index (χ1v) is 5.84. The Kier molecular flexibility index (Phi) is 5.19. The summed E-state index contributed by atoms with van der Waals surface area (Å²) in [4.78, 5) is 10.5. The molecule has 0 spiro atoms. The molecule has 1 heterocycles. The number of hydrogen-bond acceptors (Lipinski definition) is 4.